The number of aryl methyl sites for hydroxylation is 1. The fourth-order valence-corrected chi connectivity index (χ4v) is 3.11. The van der Waals surface area contributed by atoms with E-state index in [1.54, 1.807) is 17.5 Å². The van der Waals surface area contributed by atoms with Gasteiger partial charge in [0.2, 0.25) is 0 Å². The fraction of sp³-hybridized carbons (Fsp3) is 0.308. The quantitative estimate of drug-likeness (QED) is 0.935. The lowest BCUT2D eigenvalue weighted by Gasteiger charge is -2.18. The zero-order chi connectivity index (χ0) is 13.1. The molecule has 3 nitrogen and oxygen atoms in total. The van der Waals surface area contributed by atoms with Gasteiger partial charge in [0.05, 0.1) is 15.7 Å². The van der Waals surface area contributed by atoms with E-state index in [2.05, 4.69) is 45.0 Å². The van der Waals surface area contributed by atoms with Crippen molar-refractivity contribution in [3.63, 3.8) is 0 Å². The Morgan fingerprint density at radius 2 is 2.22 bits per heavy atom. The molecule has 5 heteroatoms. The summed E-state index contributed by atoms with van der Waals surface area (Å²) in [7, 11) is 2.06. The van der Waals surface area contributed by atoms with Gasteiger partial charge in [-0.15, -0.1) is 11.3 Å². The smallest absolute Gasteiger partial charge is 0.128 e. The van der Waals surface area contributed by atoms with Crippen molar-refractivity contribution in [2.75, 3.05) is 24.2 Å². The largest absolute Gasteiger partial charge is 0.397 e. The Morgan fingerprint density at radius 3 is 2.83 bits per heavy atom. The maximum Gasteiger partial charge on any atom is 0.128 e. The van der Waals surface area contributed by atoms with Crippen molar-refractivity contribution in [2.45, 2.75) is 13.3 Å². The highest BCUT2D eigenvalue weighted by Crippen LogP contribution is 2.23. The minimum atomic E-state index is 0.745. The van der Waals surface area contributed by atoms with Gasteiger partial charge in [-0.2, -0.15) is 0 Å². The second kappa shape index (κ2) is 5.71. The highest BCUT2D eigenvalue weighted by molar-refractivity contribution is 9.11. The Labute approximate surface area is 120 Å². The summed E-state index contributed by atoms with van der Waals surface area (Å²) < 4.78 is 1.18. The Hall–Kier alpha value is -1.07. The molecule has 18 heavy (non-hydrogen) atoms. The molecule has 0 saturated carbocycles. The molecule has 0 unspecified atom stereocenters. The number of likely N-dealkylation sites (N-methyl/N-ethyl adjacent to an activating group) is 1. The maximum absolute atomic E-state index is 5.77. The summed E-state index contributed by atoms with van der Waals surface area (Å²) in [6.45, 7) is 2.95. The molecule has 2 N–H and O–H groups in total. The van der Waals surface area contributed by atoms with Crippen LogP contribution < -0.4 is 10.6 Å². The molecule has 2 aromatic heterocycles. The Balaban J connectivity index is 1.99. The van der Waals surface area contributed by atoms with Crippen molar-refractivity contribution in [3.05, 3.63) is 38.6 Å². The van der Waals surface area contributed by atoms with E-state index in [9.17, 15) is 0 Å². The van der Waals surface area contributed by atoms with E-state index in [4.69, 9.17) is 5.73 Å². The summed E-state index contributed by atoms with van der Waals surface area (Å²) in [4.78, 5) is 7.88. The number of hydrogen-bond acceptors (Lipinski definition) is 4. The lowest BCUT2D eigenvalue weighted by Crippen LogP contribution is -2.21. The van der Waals surface area contributed by atoms with Crippen LogP contribution in [-0.4, -0.2) is 18.6 Å². The predicted molar refractivity (Wildman–Crippen MR) is 82.4 cm³/mol. The first-order valence-electron chi connectivity index (χ1n) is 5.74. The SMILES string of the molecule is Cc1cc(N(C)CCc2ccc(Br)s2)ncc1N. The van der Waals surface area contributed by atoms with Gasteiger partial charge >= 0.3 is 0 Å². The summed E-state index contributed by atoms with van der Waals surface area (Å²) in [5.74, 6) is 0.970. The molecular weight excluding hydrogens is 310 g/mol. The van der Waals surface area contributed by atoms with E-state index in [0.29, 0.717) is 0 Å². The first kappa shape index (κ1) is 13.4. The average molecular weight is 326 g/mol. The predicted octanol–water partition coefficient (Wildman–Crippen LogP) is 3.48. The van der Waals surface area contributed by atoms with Crippen LogP contribution in [0.15, 0.2) is 28.2 Å². The average Bonchev–Trinajstić information content (AvgIpc) is 2.75. The first-order chi connectivity index (χ1) is 8.56. The van der Waals surface area contributed by atoms with E-state index in [-0.39, 0.29) is 0 Å². The van der Waals surface area contributed by atoms with Crippen molar-refractivity contribution in [3.8, 4) is 0 Å². The summed E-state index contributed by atoms with van der Waals surface area (Å²) in [5, 5.41) is 0. The van der Waals surface area contributed by atoms with Crippen molar-refractivity contribution < 1.29 is 0 Å². The number of hydrogen-bond donors (Lipinski definition) is 1. The monoisotopic (exact) mass is 325 g/mol. The molecule has 0 aromatic carbocycles. The molecule has 0 fully saturated rings. The van der Waals surface area contributed by atoms with E-state index in [1.807, 2.05) is 13.0 Å². The van der Waals surface area contributed by atoms with Crippen LogP contribution in [0, 0.1) is 6.92 Å². The second-order valence-corrected chi connectivity index (χ2v) is 6.82. The van der Waals surface area contributed by atoms with Gasteiger partial charge in [0, 0.05) is 18.5 Å². The van der Waals surface area contributed by atoms with E-state index in [1.165, 1.54) is 8.66 Å². The highest BCUT2D eigenvalue weighted by atomic mass is 79.9. The third kappa shape index (κ3) is 3.23. The molecule has 2 heterocycles. The molecule has 0 radical (unpaired) electrons. The topological polar surface area (TPSA) is 42.2 Å². The molecule has 0 bridgehead atoms. The molecule has 0 aliphatic carbocycles. The van der Waals surface area contributed by atoms with Crippen molar-refractivity contribution >= 4 is 38.8 Å². The van der Waals surface area contributed by atoms with Crippen molar-refractivity contribution in [2.24, 2.45) is 0 Å². The van der Waals surface area contributed by atoms with Gasteiger partial charge in [0.15, 0.2) is 0 Å². The van der Waals surface area contributed by atoms with Crippen LogP contribution in [-0.2, 0) is 6.42 Å². The lowest BCUT2D eigenvalue weighted by atomic mass is 10.2. The minimum Gasteiger partial charge on any atom is -0.397 e. The number of rotatable bonds is 4. The van der Waals surface area contributed by atoms with Crippen LogP contribution >= 0.6 is 27.3 Å². The molecule has 0 aliphatic rings. The van der Waals surface area contributed by atoms with Gasteiger partial charge in [-0.25, -0.2) is 4.98 Å². The number of aromatic nitrogens is 1. The molecule has 0 saturated heterocycles. The van der Waals surface area contributed by atoms with Gasteiger partial charge in [-0.3, -0.25) is 0 Å². The summed E-state index contributed by atoms with van der Waals surface area (Å²) >= 11 is 5.26. The third-order valence-corrected chi connectivity index (χ3v) is 4.53. The van der Waals surface area contributed by atoms with Gasteiger partial charge < -0.3 is 10.6 Å². The van der Waals surface area contributed by atoms with Gasteiger partial charge in [0.25, 0.3) is 0 Å². The molecule has 2 aromatic rings. The number of thiophene rings is 1. The van der Waals surface area contributed by atoms with Gasteiger partial charge in [-0.1, -0.05) is 0 Å². The molecular formula is C13H16BrN3S. The number of nitrogens with two attached hydrogens (primary N) is 1. The molecule has 0 amide bonds. The second-order valence-electron chi connectivity index (χ2n) is 4.28. The molecule has 2 rings (SSSR count). The number of nitrogens with zero attached hydrogens (tertiary/aromatic N) is 2. The van der Waals surface area contributed by atoms with Gasteiger partial charge in [-0.05, 0) is 53.0 Å². The third-order valence-electron chi connectivity index (χ3n) is 2.85. The Kier molecular flexibility index (Phi) is 4.24. The normalized spacial score (nSPS) is 10.6. The van der Waals surface area contributed by atoms with Crippen LogP contribution in [0.5, 0.6) is 0 Å². The number of anilines is 2. The molecule has 0 aliphatic heterocycles. The zero-order valence-electron chi connectivity index (χ0n) is 10.5. The molecule has 0 spiro atoms. The van der Waals surface area contributed by atoms with Crippen LogP contribution in [0.25, 0.3) is 0 Å². The Bertz CT molecular complexity index is 539. The number of nitrogen functional groups attached to an aromatic ring is 1. The van der Waals surface area contributed by atoms with E-state index >= 15 is 0 Å². The zero-order valence-corrected chi connectivity index (χ0v) is 12.9. The maximum atomic E-state index is 5.77. The summed E-state index contributed by atoms with van der Waals surface area (Å²) in [5.41, 5.74) is 7.59. The van der Waals surface area contributed by atoms with Gasteiger partial charge in [0.1, 0.15) is 5.82 Å². The van der Waals surface area contributed by atoms with Crippen LogP contribution in [0.2, 0.25) is 0 Å². The van der Waals surface area contributed by atoms with Crippen LogP contribution in [0.3, 0.4) is 0 Å². The highest BCUT2D eigenvalue weighted by Gasteiger charge is 2.05. The standard InChI is InChI=1S/C13H16BrN3S/c1-9-7-13(16-8-11(9)15)17(2)6-5-10-3-4-12(14)18-10/h3-4,7-8H,5-6,15H2,1-2H3. The van der Waals surface area contributed by atoms with Crippen molar-refractivity contribution in [1.82, 2.24) is 4.98 Å². The van der Waals surface area contributed by atoms with E-state index < -0.39 is 0 Å². The first-order valence-corrected chi connectivity index (χ1v) is 7.34. The number of halogens is 1. The molecule has 0 atom stereocenters. The Morgan fingerprint density at radius 1 is 1.44 bits per heavy atom. The van der Waals surface area contributed by atoms with E-state index in [0.717, 1.165) is 30.0 Å². The van der Waals surface area contributed by atoms with Crippen LogP contribution in [0.1, 0.15) is 10.4 Å². The fourth-order valence-electron chi connectivity index (χ4n) is 1.64. The van der Waals surface area contributed by atoms with Crippen LogP contribution in [0.4, 0.5) is 11.5 Å². The molecule has 96 valence electrons. The minimum absolute atomic E-state index is 0.745. The number of pyridine rings is 1. The lowest BCUT2D eigenvalue weighted by molar-refractivity contribution is 0.868. The van der Waals surface area contributed by atoms with Crippen molar-refractivity contribution in [1.29, 1.82) is 0 Å². The summed E-state index contributed by atoms with van der Waals surface area (Å²) in [6.07, 6.45) is 2.75. The summed E-state index contributed by atoms with van der Waals surface area (Å²) in [6, 6.07) is 6.27.